The van der Waals surface area contributed by atoms with E-state index >= 15 is 0 Å². The van der Waals surface area contributed by atoms with Crippen LogP contribution in [-0.2, 0) is 17.9 Å². The zero-order valence-corrected chi connectivity index (χ0v) is 20.7. The summed E-state index contributed by atoms with van der Waals surface area (Å²) in [5.41, 5.74) is 3.11. The van der Waals surface area contributed by atoms with E-state index in [0.717, 1.165) is 55.5 Å². The fourth-order valence-electron chi connectivity index (χ4n) is 5.73. The summed E-state index contributed by atoms with van der Waals surface area (Å²) in [6.45, 7) is 6.13. The number of hydrogen-bond donors (Lipinski definition) is 0. The molecule has 2 aliphatic rings. The average molecular weight is 490 g/mol. The lowest BCUT2D eigenvalue weighted by atomic mass is 9.81. The van der Waals surface area contributed by atoms with Crippen molar-refractivity contribution in [1.29, 1.82) is 5.26 Å². The molecule has 0 unspecified atom stereocenters. The topological polar surface area (TPSA) is 110 Å². The molecule has 0 spiro atoms. The molecule has 1 saturated carbocycles. The van der Waals surface area contributed by atoms with Gasteiger partial charge in [-0.1, -0.05) is 0 Å². The minimum atomic E-state index is -0.00775. The zero-order valence-electron chi connectivity index (χ0n) is 20.7. The molecule has 2 aromatic heterocycles. The molecular weight excluding hydrogens is 456 g/mol. The zero-order chi connectivity index (χ0) is 25.2. The van der Waals surface area contributed by atoms with Crippen molar-refractivity contribution in [2.45, 2.75) is 45.7 Å². The van der Waals surface area contributed by atoms with E-state index in [9.17, 15) is 9.59 Å². The van der Waals surface area contributed by atoms with Crippen molar-refractivity contribution in [3.8, 4) is 11.8 Å². The molecule has 1 aromatic carbocycles. The molecule has 1 aliphatic carbocycles. The molecule has 5 rings (SSSR count). The lowest BCUT2D eigenvalue weighted by Gasteiger charge is -2.38. The number of nitriles is 1. The largest absolute Gasteiger partial charge is 0.593 e. The van der Waals surface area contributed by atoms with Crippen molar-refractivity contribution in [3.05, 3.63) is 52.7 Å². The number of pyridine rings is 1. The van der Waals surface area contributed by atoms with Crippen LogP contribution in [0.15, 0.2) is 41.3 Å². The summed E-state index contributed by atoms with van der Waals surface area (Å²) in [6.07, 6.45) is 5.30. The maximum Gasteiger partial charge on any atom is 0.329 e. The smallest absolute Gasteiger partial charge is 0.329 e. The molecular formula is C27H33N6O3+. The van der Waals surface area contributed by atoms with E-state index in [1.54, 1.807) is 29.0 Å². The first-order chi connectivity index (χ1) is 17.5. The summed E-state index contributed by atoms with van der Waals surface area (Å²) in [7, 11) is 0. The predicted molar refractivity (Wildman–Crippen MR) is 138 cm³/mol. The molecule has 9 nitrogen and oxygen atoms in total. The average Bonchev–Trinajstić information content (AvgIpc) is 3.18. The Bertz CT molecular complexity index is 1340. The van der Waals surface area contributed by atoms with Gasteiger partial charge >= 0.3 is 5.69 Å². The van der Waals surface area contributed by atoms with Gasteiger partial charge in [0.2, 0.25) is 5.91 Å². The number of carbonyl (C=O) groups excluding carboxylic acids is 1. The molecule has 1 amide bonds. The van der Waals surface area contributed by atoms with Crippen molar-refractivity contribution in [1.82, 2.24) is 19.0 Å². The van der Waals surface area contributed by atoms with Crippen LogP contribution in [0.1, 0.15) is 38.3 Å². The van der Waals surface area contributed by atoms with Gasteiger partial charge in [0.05, 0.1) is 29.0 Å². The molecule has 3 heterocycles. The maximum atomic E-state index is 13.2. The highest BCUT2D eigenvalue weighted by molar-refractivity contribution is 5.79. The van der Waals surface area contributed by atoms with E-state index in [4.69, 9.17) is 10.4 Å². The SMILES string of the molecule is CCn1c(=O)n(CC2CCC(C(=O)N3CCN(c4ccc(C#N)nc4)CC3)CC2)c2cc([OH2+])ccc21. The molecule has 36 heavy (non-hydrogen) atoms. The Balaban J connectivity index is 1.17. The van der Waals surface area contributed by atoms with Gasteiger partial charge in [0, 0.05) is 51.3 Å². The van der Waals surface area contributed by atoms with E-state index < -0.39 is 0 Å². The van der Waals surface area contributed by atoms with Crippen LogP contribution < -0.4 is 10.6 Å². The summed E-state index contributed by atoms with van der Waals surface area (Å²) in [6, 6.07) is 11.1. The second-order valence-corrected chi connectivity index (χ2v) is 9.88. The van der Waals surface area contributed by atoms with Gasteiger partial charge in [-0.15, -0.1) is 0 Å². The first-order valence-electron chi connectivity index (χ1n) is 12.8. The highest BCUT2D eigenvalue weighted by Crippen LogP contribution is 2.32. The Labute approximate surface area is 210 Å². The number of hydrogen-bond acceptors (Lipinski definition) is 5. The number of amides is 1. The molecule has 1 saturated heterocycles. The molecule has 1 aliphatic heterocycles. The van der Waals surface area contributed by atoms with Crippen molar-refractivity contribution >= 4 is 22.6 Å². The molecule has 0 radical (unpaired) electrons. The van der Waals surface area contributed by atoms with Crippen LogP contribution in [0, 0.1) is 23.2 Å². The number of imidazole rings is 1. The number of nitrogens with zero attached hydrogens (tertiary/aromatic N) is 6. The fraction of sp³-hybridized carbons (Fsp3) is 0.481. The van der Waals surface area contributed by atoms with Crippen LogP contribution in [0.25, 0.3) is 11.0 Å². The maximum absolute atomic E-state index is 13.2. The summed E-state index contributed by atoms with van der Waals surface area (Å²) < 4.78 is 3.61. The first-order valence-corrected chi connectivity index (χ1v) is 12.8. The van der Waals surface area contributed by atoms with Crippen molar-refractivity contribution in [2.75, 3.05) is 31.1 Å². The summed E-state index contributed by atoms with van der Waals surface area (Å²) in [5.74, 6) is 1.08. The van der Waals surface area contributed by atoms with E-state index in [2.05, 4.69) is 9.88 Å². The third kappa shape index (κ3) is 4.55. The van der Waals surface area contributed by atoms with Gasteiger partial charge in [0.25, 0.3) is 5.75 Å². The van der Waals surface area contributed by atoms with Crippen LogP contribution >= 0.6 is 0 Å². The van der Waals surface area contributed by atoms with Crippen LogP contribution in [0.3, 0.4) is 0 Å². The van der Waals surface area contributed by atoms with Crippen LogP contribution in [-0.4, -0.2) is 56.2 Å². The summed E-state index contributed by atoms with van der Waals surface area (Å²) >= 11 is 0. The number of carbonyl (C=O) groups is 1. The highest BCUT2D eigenvalue weighted by Gasteiger charge is 2.32. The van der Waals surface area contributed by atoms with E-state index in [1.165, 1.54) is 0 Å². The molecule has 3 aromatic rings. The van der Waals surface area contributed by atoms with Gasteiger partial charge in [0.1, 0.15) is 11.8 Å². The van der Waals surface area contributed by atoms with Crippen molar-refractivity contribution < 1.29 is 9.90 Å². The molecule has 2 N–H and O–H groups in total. The Morgan fingerprint density at radius 2 is 1.81 bits per heavy atom. The number of aromatic nitrogens is 3. The predicted octanol–water partition coefficient (Wildman–Crippen LogP) is 2.68. The number of piperazine rings is 1. The van der Waals surface area contributed by atoms with Crippen LogP contribution in [0.4, 0.5) is 5.69 Å². The van der Waals surface area contributed by atoms with Gasteiger partial charge < -0.3 is 14.9 Å². The fourth-order valence-corrected chi connectivity index (χ4v) is 5.73. The summed E-state index contributed by atoms with van der Waals surface area (Å²) in [4.78, 5) is 34.6. The number of benzene rings is 1. The third-order valence-corrected chi connectivity index (χ3v) is 7.79. The van der Waals surface area contributed by atoms with E-state index in [0.29, 0.717) is 43.5 Å². The van der Waals surface area contributed by atoms with Crippen molar-refractivity contribution in [3.63, 3.8) is 0 Å². The Morgan fingerprint density at radius 3 is 2.44 bits per heavy atom. The number of rotatable bonds is 5. The number of aryl methyl sites for hydroxylation is 1. The molecule has 0 bridgehead atoms. The lowest BCUT2D eigenvalue weighted by Crippen LogP contribution is -2.50. The van der Waals surface area contributed by atoms with Gasteiger partial charge in [-0.05, 0) is 56.7 Å². The standard InChI is InChI=1S/C27H32N6O3/c1-2-32-24-10-9-23(34)15-25(24)33(27(32)36)18-19-3-5-20(6-4-19)26(35)31-13-11-30(12-14-31)22-8-7-21(16-28)29-17-22/h7-10,15,17,19-20,34H,2-6,11-14,18H2,1H3/p+1. The monoisotopic (exact) mass is 489 g/mol. The van der Waals surface area contributed by atoms with E-state index in [-0.39, 0.29) is 17.5 Å². The van der Waals surface area contributed by atoms with Crippen LogP contribution in [0.2, 0.25) is 0 Å². The minimum absolute atomic E-state index is 0.00775. The molecule has 188 valence electrons. The van der Waals surface area contributed by atoms with Gasteiger partial charge in [-0.2, -0.15) is 5.26 Å². The minimum Gasteiger partial charge on any atom is -0.593 e. The van der Waals surface area contributed by atoms with Crippen molar-refractivity contribution in [2.24, 2.45) is 11.8 Å². The Hall–Kier alpha value is -3.80. The van der Waals surface area contributed by atoms with Gasteiger partial charge in [0.15, 0.2) is 0 Å². The molecule has 9 heteroatoms. The highest BCUT2D eigenvalue weighted by atomic mass is 16.3. The summed E-state index contributed by atoms with van der Waals surface area (Å²) in [5, 5.41) is 16.9. The quantitative estimate of drug-likeness (QED) is 0.512. The van der Waals surface area contributed by atoms with Crippen LogP contribution in [0.5, 0.6) is 5.75 Å². The van der Waals surface area contributed by atoms with Gasteiger partial charge in [-0.3, -0.25) is 13.9 Å². The number of fused-ring (bicyclic) bond motifs is 1. The Kier molecular flexibility index (Phi) is 6.68. The van der Waals surface area contributed by atoms with E-state index in [1.807, 2.05) is 34.6 Å². The first kappa shape index (κ1) is 23.9. The second-order valence-electron chi connectivity index (χ2n) is 9.88. The molecule has 2 fully saturated rings. The Morgan fingerprint density at radius 1 is 1.06 bits per heavy atom. The number of anilines is 1. The van der Waals surface area contributed by atoms with Gasteiger partial charge in [-0.25, -0.2) is 9.78 Å². The molecule has 0 atom stereocenters. The normalized spacial score (nSPS) is 20.4. The third-order valence-electron chi connectivity index (χ3n) is 7.79. The lowest BCUT2D eigenvalue weighted by molar-refractivity contribution is -0.137. The second kappa shape index (κ2) is 10.1.